The first-order valence-corrected chi connectivity index (χ1v) is 5.69. The van der Waals surface area contributed by atoms with Gasteiger partial charge in [-0.15, -0.1) is 0 Å². The van der Waals surface area contributed by atoms with Crippen molar-refractivity contribution in [1.29, 1.82) is 0 Å². The number of nitrogens with one attached hydrogen (secondary N) is 1. The predicted molar refractivity (Wildman–Crippen MR) is 68.8 cm³/mol. The fourth-order valence-corrected chi connectivity index (χ4v) is 1.53. The molecule has 2 aromatic rings. The van der Waals surface area contributed by atoms with Gasteiger partial charge in [0.15, 0.2) is 5.82 Å². The van der Waals surface area contributed by atoms with Gasteiger partial charge in [0.05, 0.1) is 10.5 Å². The Morgan fingerprint density at radius 1 is 1.37 bits per heavy atom. The van der Waals surface area contributed by atoms with Gasteiger partial charge in [-0.25, -0.2) is 4.98 Å². The average Bonchev–Trinajstić information content (AvgIpc) is 2.78. The van der Waals surface area contributed by atoms with Crippen LogP contribution in [-0.2, 0) is 5.41 Å². The summed E-state index contributed by atoms with van der Waals surface area (Å²) >= 11 is 0. The maximum atomic E-state index is 10.7. The molecule has 0 amide bonds. The first-order valence-electron chi connectivity index (χ1n) is 5.69. The molecule has 0 saturated carbocycles. The topological polar surface area (TPSA) is 105 Å². The van der Waals surface area contributed by atoms with Gasteiger partial charge in [0, 0.05) is 17.5 Å². The van der Waals surface area contributed by atoms with E-state index in [4.69, 9.17) is 0 Å². The molecule has 0 saturated heterocycles. The second-order valence-corrected chi connectivity index (χ2v) is 5.22. The standard InChI is InChI=1S/C12H14N4O3/c1-12(2,3)11-13-10(14-15-11)8-6-7(16(18)19)4-5-9(8)17/h4-6,17H,1-3H3,(H,13,14,15). The van der Waals surface area contributed by atoms with Crippen molar-refractivity contribution in [3.63, 3.8) is 0 Å². The normalized spacial score (nSPS) is 11.5. The van der Waals surface area contributed by atoms with Crippen LogP contribution in [0.3, 0.4) is 0 Å². The van der Waals surface area contributed by atoms with Gasteiger partial charge in [-0.1, -0.05) is 20.8 Å². The number of nitro benzene ring substituents is 1. The third-order valence-corrected chi connectivity index (χ3v) is 2.63. The molecule has 1 aromatic heterocycles. The predicted octanol–water partition coefficient (Wildman–Crippen LogP) is 2.38. The summed E-state index contributed by atoms with van der Waals surface area (Å²) in [6.45, 7) is 5.89. The van der Waals surface area contributed by atoms with Gasteiger partial charge >= 0.3 is 0 Å². The van der Waals surface area contributed by atoms with Crippen LogP contribution in [-0.4, -0.2) is 25.2 Å². The lowest BCUT2D eigenvalue weighted by molar-refractivity contribution is -0.384. The number of benzene rings is 1. The highest BCUT2D eigenvalue weighted by atomic mass is 16.6. The van der Waals surface area contributed by atoms with Gasteiger partial charge in [0.25, 0.3) is 5.69 Å². The molecule has 0 aliphatic rings. The number of aromatic amines is 1. The molecule has 100 valence electrons. The molecule has 1 aromatic carbocycles. The quantitative estimate of drug-likeness (QED) is 0.638. The van der Waals surface area contributed by atoms with E-state index in [1.54, 1.807) is 0 Å². The maximum Gasteiger partial charge on any atom is 0.270 e. The number of hydrogen-bond acceptors (Lipinski definition) is 5. The molecule has 0 aliphatic heterocycles. The minimum absolute atomic E-state index is 0.0925. The minimum atomic E-state index is -0.528. The third kappa shape index (κ3) is 2.54. The first-order chi connectivity index (χ1) is 8.79. The van der Waals surface area contributed by atoms with Gasteiger partial charge in [0.2, 0.25) is 0 Å². The van der Waals surface area contributed by atoms with Gasteiger partial charge in [-0.2, -0.15) is 5.10 Å². The Hall–Kier alpha value is -2.44. The van der Waals surface area contributed by atoms with E-state index in [1.165, 1.54) is 18.2 Å². The number of H-pyrrole nitrogens is 1. The summed E-state index contributed by atoms with van der Waals surface area (Å²) in [5.74, 6) is 0.796. The van der Waals surface area contributed by atoms with Crippen molar-refractivity contribution in [2.75, 3.05) is 0 Å². The first kappa shape index (κ1) is 13.0. The molecular weight excluding hydrogens is 248 g/mol. The molecule has 2 rings (SSSR count). The number of nitro groups is 1. The molecule has 0 unspecified atom stereocenters. The zero-order chi connectivity index (χ0) is 14.2. The molecule has 0 atom stereocenters. The molecule has 0 fully saturated rings. The summed E-state index contributed by atoms with van der Waals surface area (Å²) in [6, 6.07) is 3.75. The number of phenolic OH excluding ortho intramolecular Hbond substituents is 1. The highest BCUT2D eigenvalue weighted by Gasteiger charge is 2.21. The van der Waals surface area contributed by atoms with Gasteiger partial charge < -0.3 is 5.11 Å². The van der Waals surface area contributed by atoms with Crippen LogP contribution < -0.4 is 0 Å². The second kappa shape index (κ2) is 4.34. The monoisotopic (exact) mass is 262 g/mol. The summed E-state index contributed by atoms with van der Waals surface area (Å²) in [5, 5.41) is 27.3. The van der Waals surface area contributed by atoms with E-state index < -0.39 is 4.92 Å². The number of hydrogen-bond donors (Lipinski definition) is 2. The summed E-state index contributed by atoms with van der Waals surface area (Å²) in [6.07, 6.45) is 0. The molecule has 2 N–H and O–H groups in total. The molecule has 0 bridgehead atoms. The number of non-ortho nitro benzene ring substituents is 1. The zero-order valence-electron chi connectivity index (χ0n) is 10.8. The number of nitrogens with zero attached hydrogens (tertiary/aromatic N) is 3. The minimum Gasteiger partial charge on any atom is -0.507 e. The third-order valence-electron chi connectivity index (χ3n) is 2.63. The highest BCUT2D eigenvalue weighted by Crippen LogP contribution is 2.31. The van der Waals surface area contributed by atoms with E-state index in [9.17, 15) is 15.2 Å². The highest BCUT2D eigenvalue weighted by molar-refractivity contribution is 5.66. The SMILES string of the molecule is CC(C)(C)c1nc(-c2cc([N+](=O)[O-])ccc2O)n[nH]1. The lowest BCUT2D eigenvalue weighted by Crippen LogP contribution is -2.13. The number of aromatic nitrogens is 3. The fraction of sp³-hybridized carbons (Fsp3) is 0.333. The van der Waals surface area contributed by atoms with Crippen molar-refractivity contribution in [2.45, 2.75) is 26.2 Å². The average molecular weight is 262 g/mol. The van der Waals surface area contributed by atoms with Crippen molar-refractivity contribution < 1.29 is 10.0 Å². The van der Waals surface area contributed by atoms with Crippen LogP contribution in [0.25, 0.3) is 11.4 Å². The lowest BCUT2D eigenvalue weighted by Gasteiger charge is -2.12. The van der Waals surface area contributed by atoms with E-state index >= 15 is 0 Å². The van der Waals surface area contributed by atoms with Crippen molar-refractivity contribution in [2.24, 2.45) is 0 Å². The Labute approximate surface area is 109 Å². The van der Waals surface area contributed by atoms with Gasteiger partial charge in [-0.05, 0) is 6.07 Å². The van der Waals surface area contributed by atoms with E-state index in [1.807, 2.05) is 20.8 Å². The van der Waals surface area contributed by atoms with Gasteiger partial charge in [0.1, 0.15) is 11.6 Å². The summed E-state index contributed by atoms with van der Waals surface area (Å²) in [7, 11) is 0. The van der Waals surface area contributed by atoms with Crippen LogP contribution in [0.1, 0.15) is 26.6 Å². The molecular formula is C12H14N4O3. The molecule has 7 nitrogen and oxygen atoms in total. The van der Waals surface area contributed by atoms with E-state index in [0.29, 0.717) is 5.82 Å². The number of rotatable bonds is 2. The smallest absolute Gasteiger partial charge is 0.270 e. The van der Waals surface area contributed by atoms with Gasteiger partial charge in [-0.3, -0.25) is 15.2 Å². The van der Waals surface area contributed by atoms with Crippen LogP contribution in [0.5, 0.6) is 5.75 Å². The Morgan fingerprint density at radius 2 is 2.05 bits per heavy atom. The van der Waals surface area contributed by atoms with Crippen molar-refractivity contribution >= 4 is 5.69 Å². The molecule has 7 heteroatoms. The van der Waals surface area contributed by atoms with Crippen LogP contribution in [0.4, 0.5) is 5.69 Å². The number of phenols is 1. The largest absolute Gasteiger partial charge is 0.507 e. The Morgan fingerprint density at radius 3 is 2.58 bits per heavy atom. The van der Waals surface area contributed by atoms with E-state index in [2.05, 4.69) is 15.2 Å². The van der Waals surface area contributed by atoms with Crippen LogP contribution in [0, 0.1) is 10.1 Å². The fourth-order valence-electron chi connectivity index (χ4n) is 1.53. The van der Waals surface area contributed by atoms with Crippen LogP contribution in [0.15, 0.2) is 18.2 Å². The Bertz CT molecular complexity index is 628. The maximum absolute atomic E-state index is 10.7. The lowest BCUT2D eigenvalue weighted by atomic mass is 9.96. The van der Waals surface area contributed by atoms with Crippen molar-refractivity contribution in [1.82, 2.24) is 15.2 Å². The zero-order valence-corrected chi connectivity index (χ0v) is 10.8. The molecule has 0 aliphatic carbocycles. The number of aromatic hydroxyl groups is 1. The summed E-state index contributed by atoms with van der Waals surface area (Å²) < 4.78 is 0. The van der Waals surface area contributed by atoms with Crippen LogP contribution in [0.2, 0.25) is 0 Å². The van der Waals surface area contributed by atoms with Crippen molar-refractivity contribution in [3.05, 3.63) is 34.1 Å². The molecule has 0 spiro atoms. The molecule has 1 heterocycles. The summed E-state index contributed by atoms with van der Waals surface area (Å²) in [4.78, 5) is 14.5. The summed E-state index contributed by atoms with van der Waals surface area (Å²) in [5.41, 5.74) is -0.0995. The van der Waals surface area contributed by atoms with E-state index in [-0.39, 0.29) is 28.2 Å². The van der Waals surface area contributed by atoms with E-state index in [0.717, 1.165) is 0 Å². The molecule has 19 heavy (non-hydrogen) atoms. The van der Waals surface area contributed by atoms with Crippen LogP contribution >= 0.6 is 0 Å². The second-order valence-electron chi connectivity index (χ2n) is 5.22. The Kier molecular flexibility index (Phi) is 2.97. The molecule has 0 radical (unpaired) electrons. The Balaban J connectivity index is 2.49. The van der Waals surface area contributed by atoms with Crippen molar-refractivity contribution in [3.8, 4) is 17.1 Å².